The van der Waals surface area contributed by atoms with Crippen molar-refractivity contribution in [3.63, 3.8) is 0 Å². The molecule has 0 aliphatic carbocycles. The highest BCUT2D eigenvalue weighted by Gasteiger charge is 2.29. The van der Waals surface area contributed by atoms with Crippen molar-refractivity contribution < 1.29 is 18.7 Å². The molecular formula is C19H27FN2O3. The highest BCUT2D eigenvalue weighted by atomic mass is 19.1. The number of carbonyl (C=O) groups excluding carboxylic acids is 1. The molecule has 2 aliphatic rings. The summed E-state index contributed by atoms with van der Waals surface area (Å²) < 4.78 is 24.7. The summed E-state index contributed by atoms with van der Waals surface area (Å²) in [6.07, 6.45) is 4.70. The molecule has 5 nitrogen and oxygen atoms in total. The van der Waals surface area contributed by atoms with E-state index in [9.17, 15) is 9.18 Å². The lowest BCUT2D eigenvalue weighted by Gasteiger charge is -2.33. The Morgan fingerprint density at radius 1 is 1.32 bits per heavy atom. The number of amides is 1. The van der Waals surface area contributed by atoms with Gasteiger partial charge in [0.05, 0.1) is 19.3 Å². The number of nitrogens with zero attached hydrogens (tertiary/aromatic N) is 1. The molecule has 2 saturated heterocycles. The van der Waals surface area contributed by atoms with Gasteiger partial charge in [-0.3, -0.25) is 4.79 Å². The second kappa shape index (κ2) is 9.15. The lowest BCUT2D eigenvalue weighted by molar-refractivity contribution is -0.124. The summed E-state index contributed by atoms with van der Waals surface area (Å²) in [6, 6.07) is 5.90. The molecule has 1 amide bonds. The smallest absolute Gasteiger partial charge is 0.221 e. The normalized spacial score (nSPS) is 24.7. The van der Waals surface area contributed by atoms with Gasteiger partial charge in [-0.25, -0.2) is 4.39 Å². The van der Waals surface area contributed by atoms with Crippen LogP contribution in [0.25, 0.3) is 0 Å². The first-order valence-electron chi connectivity index (χ1n) is 9.22. The van der Waals surface area contributed by atoms with Crippen LogP contribution in [0.1, 0.15) is 32.1 Å². The number of benzene rings is 1. The Hall–Kier alpha value is -1.66. The maximum absolute atomic E-state index is 13.3. The lowest BCUT2D eigenvalue weighted by atomic mass is 10.1. The quantitative estimate of drug-likeness (QED) is 0.856. The van der Waals surface area contributed by atoms with E-state index in [0.29, 0.717) is 31.8 Å². The summed E-state index contributed by atoms with van der Waals surface area (Å²) in [6.45, 7) is 3.99. The molecule has 1 N–H and O–H groups in total. The fraction of sp³-hybridized carbons (Fsp3) is 0.632. The molecule has 2 heterocycles. The Balaban J connectivity index is 1.49. The molecule has 1 aromatic rings. The predicted octanol–water partition coefficient (Wildman–Crippen LogP) is 2.35. The highest BCUT2D eigenvalue weighted by Crippen LogP contribution is 2.19. The van der Waals surface area contributed by atoms with Crippen molar-refractivity contribution in [1.29, 1.82) is 0 Å². The van der Waals surface area contributed by atoms with Gasteiger partial charge in [0.2, 0.25) is 5.91 Å². The minimum atomic E-state index is -0.327. The van der Waals surface area contributed by atoms with Gasteiger partial charge < -0.3 is 19.7 Å². The topological polar surface area (TPSA) is 50.8 Å². The van der Waals surface area contributed by atoms with Gasteiger partial charge in [0.25, 0.3) is 0 Å². The molecule has 3 rings (SSSR count). The molecule has 0 bridgehead atoms. The second-order valence-corrected chi connectivity index (χ2v) is 6.80. The van der Waals surface area contributed by atoms with Crippen LogP contribution in [0.15, 0.2) is 24.3 Å². The van der Waals surface area contributed by atoms with E-state index < -0.39 is 0 Å². The van der Waals surface area contributed by atoms with E-state index in [2.05, 4.69) is 10.2 Å². The van der Waals surface area contributed by atoms with E-state index in [0.717, 1.165) is 19.6 Å². The van der Waals surface area contributed by atoms with Crippen LogP contribution >= 0.6 is 0 Å². The number of likely N-dealkylation sites (tertiary alicyclic amines) is 1. The van der Waals surface area contributed by atoms with Crippen molar-refractivity contribution in [2.24, 2.45) is 0 Å². The van der Waals surface area contributed by atoms with Crippen molar-refractivity contribution in [2.45, 2.75) is 44.2 Å². The first-order chi connectivity index (χ1) is 12.2. The molecule has 0 spiro atoms. The fourth-order valence-electron chi connectivity index (χ4n) is 3.43. The summed E-state index contributed by atoms with van der Waals surface area (Å²) in [5.74, 6) is 0.181. The minimum absolute atomic E-state index is 0.0221. The number of piperidine rings is 1. The molecule has 2 aliphatic heterocycles. The number of nitrogens with one attached hydrogen (secondary N) is 1. The minimum Gasteiger partial charge on any atom is -0.488 e. The van der Waals surface area contributed by atoms with Crippen LogP contribution in [-0.4, -0.2) is 55.8 Å². The summed E-state index contributed by atoms with van der Waals surface area (Å²) in [4.78, 5) is 14.6. The molecule has 2 atom stereocenters. The average Bonchev–Trinajstić information content (AvgIpc) is 2.63. The zero-order valence-electron chi connectivity index (χ0n) is 14.6. The monoisotopic (exact) mass is 350 g/mol. The lowest BCUT2D eigenvalue weighted by Crippen LogP contribution is -2.52. The van der Waals surface area contributed by atoms with Crippen LogP contribution in [-0.2, 0) is 9.53 Å². The summed E-state index contributed by atoms with van der Waals surface area (Å²) in [7, 11) is 0. The Kier molecular flexibility index (Phi) is 6.64. The third-order valence-corrected chi connectivity index (χ3v) is 4.83. The maximum Gasteiger partial charge on any atom is 0.221 e. The number of hydrogen-bond acceptors (Lipinski definition) is 4. The molecule has 6 heteroatoms. The van der Waals surface area contributed by atoms with Crippen LogP contribution in [0.4, 0.5) is 4.39 Å². The van der Waals surface area contributed by atoms with Gasteiger partial charge in [-0.05, 0) is 38.1 Å². The van der Waals surface area contributed by atoms with Crippen molar-refractivity contribution in [3.8, 4) is 5.75 Å². The molecule has 25 heavy (non-hydrogen) atoms. The van der Waals surface area contributed by atoms with E-state index in [1.54, 1.807) is 12.1 Å². The third-order valence-electron chi connectivity index (χ3n) is 4.83. The molecule has 0 aromatic heterocycles. The second-order valence-electron chi connectivity index (χ2n) is 6.80. The van der Waals surface area contributed by atoms with E-state index >= 15 is 0 Å². The van der Waals surface area contributed by atoms with Crippen molar-refractivity contribution in [3.05, 3.63) is 30.1 Å². The van der Waals surface area contributed by atoms with Crippen LogP contribution in [0.2, 0.25) is 0 Å². The molecular weight excluding hydrogens is 323 g/mol. The molecule has 2 fully saturated rings. The number of halogens is 1. The van der Waals surface area contributed by atoms with Crippen LogP contribution < -0.4 is 10.1 Å². The van der Waals surface area contributed by atoms with Crippen LogP contribution in [0, 0.1) is 5.82 Å². The molecule has 1 aromatic carbocycles. The fourth-order valence-corrected chi connectivity index (χ4v) is 3.43. The van der Waals surface area contributed by atoms with Gasteiger partial charge in [0.1, 0.15) is 17.7 Å². The van der Waals surface area contributed by atoms with Gasteiger partial charge in [-0.2, -0.15) is 0 Å². The van der Waals surface area contributed by atoms with Crippen LogP contribution in [0.3, 0.4) is 0 Å². The summed E-state index contributed by atoms with van der Waals surface area (Å²) in [5, 5.41) is 3.03. The van der Waals surface area contributed by atoms with Gasteiger partial charge in [0.15, 0.2) is 0 Å². The van der Waals surface area contributed by atoms with Crippen LogP contribution in [0.5, 0.6) is 5.75 Å². The van der Waals surface area contributed by atoms with Crippen molar-refractivity contribution in [2.75, 3.05) is 32.8 Å². The van der Waals surface area contributed by atoms with Gasteiger partial charge in [-0.15, -0.1) is 0 Å². The number of carbonyl (C=O) groups is 1. The largest absolute Gasteiger partial charge is 0.488 e. The van der Waals surface area contributed by atoms with Crippen molar-refractivity contribution >= 4 is 5.91 Å². The Morgan fingerprint density at radius 3 is 2.96 bits per heavy atom. The van der Waals surface area contributed by atoms with E-state index in [1.807, 2.05) is 0 Å². The molecule has 138 valence electrons. The first-order valence-corrected chi connectivity index (χ1v) is 9.22. The first kappa shape index (κ1) is 18.1. The zero-order valence-corrected chi connectivity index (χ0v) is 14.6. The third kappa shape index (κ3) is 5.68. The van der Waals surface area contributed by atoms with E-state index in [4.69, 9.17) is 9.47 Å². The predicted molar refractivity (Wildman–Crippen MR) is 93.1 cm³/mol. The molecule has 0 saturated carbocycles. The number of ether oxygens (including phenoxy) is 2. The standard InChI is InChI=1S/C19H27FN2O3/c20-15-5-4-6-16(13-15)25-18-8-12-24-14-17(18)21-19(23)7-11-22-9-2-1-3-10-22/h4-6,13,17-18H,1-3,7-12,14H2,(H,21,23)/t17-,18+/m1/s1. The highest BCUT2D eigenvalue weighted by molar-refractivity contribution is 5.76. The summed E-state index contributed by atoms with van der Waals surface area (Å²) in [5.41, 5.74) is 0. The maximum atomic E-state index is 13.3. The van der Waals surface area contributed by atoms with E-state index in [-0.39, 0.29) is 23.9 Å². The zero-order chi connectivity index (χ0) is 17.5. The Labute approximate surface area is 148 Å². The van der Waals surface area contributed by atoms with Gasteiger partial charge in [0, 0.05) is 25.5 Å². The summed E-state index contributed by atoms with van der Waals surface area (Å²) >= 11 is 0. The number of rotatable bonds is 6. The Morgan fingerprint density at radius 2 is 2.16 bits per heavy atom. The van der Waals surface area contributed by atoms with E-state index in [1.165, 1.54) is 31.4 Å². The average molecular weight is 350 g/mol. The van der Waals surface area contributed by atoms with Crippen molar-refractivity contribution in [1.82, 2.24) is 10.2 Å². The Bertz CT molecular complexity index is 563. The molecule has 0 radical (unpaired) electrons. The number of hydrogen-bond donors (Lipinski definition) is 1. The molecule has 0 unspecified atom stereocenters. The van der Waals surface area contributed by atoms with Gasteiger partial charge in [-0.1, -0.05) is 12.5 Å². The van der Waals surface area contributed by atoms with Gasteiger partial charge >= 0.3 is 0 Å². The SMILES string of the molecule is O=C(CCN1CCCCC1)N[C@@H]1COCC[C@@H]1Oc1cccc(F)c1.